The molecule has 0 unspecified atom stereocenters. The van der Waals surface area contributed by atoms with Crippen LogP contribution in [0.3, 0.4) is 0 Å². The van der Waals surface area contributed by atoms with Gasteiger partial charge in [-0.15, -0.1) is 6.58 Å². The molecule has 138 valence electrons. The molecular weight excluding hydrogens is 379 g/mol. The average molecular weight is 399 g/mol. The van der Waals surface area contributed by atoms with Crippen LogP contribution >= 0.6 is 23.2 Å². The van der Waals surface area contributed by atoms with E-state index in [4.69, 9.17) is 23.2 Å². The van der Waals surface area contributed by atoms with E-state index < -0.39 is 0 Å². The van der Waals surface area contributed by atoms with E-state index in [0.29, 0.717) is 30.2 Å². The molecule has 0 aliphatic rings. The largest absolute Gasteiger partial charge is 0.345 e. The third-order valence-electron chi connectivity index (χ3n) is 4.32. The van der Waals surface area contributed by atoms with Gasteiger partial charge in [-0.05, 0) is 35.9 Å². The molecule has 0 atom stereocenters. The third kappa shape index (κ3) is 4.62. The summed E-state index contributed by atoms with van der Waals surface area (Å²) in [5.74, 6) is -0.119. The van der Waals surface area contributed by atoms with E-state index in [-0.39, 0.29) is 5.91 Å². The molecule has 0 N–H and O–H groups in total. The maximum atomic E-state index is 13.0. The molecule has 3 aromatic rings. The van der Waals surface area contributed by atoms with Crippen LogP contribution in [0, 0.1) is 0 Å². The van der Waals surface area contributed by atoms with Gasteiger partial charge in [-0.2, -0.15) is 0 Å². The van der Waals surface area contributed by atoms with Crippen molar-refractivity contribution in [3.63, 3.8) is 0 Å². The Morgan fingerprint density at radius 3 is 2.41 bits per heavy atom. The molecule has 0 spiro atoms. The molecule has 0 aliphatic carbocycles. The van der Waals surface area contributed by atoms with Crippen LogP contribution in [0.1, 0.15) is 21.6 Å². The molecule has 2 aromatic carbocycles. The second-order valence-corrected chi connectivity index (χ2v) is 6.99. The van der Waals surface area contributed by atoms with E-state index in [1.807, 2.05) is 54.7 Å². The summed E-state index contributed by atoms with van der Waals surface area (Å²) >= 11 is 12.5. The van der Waals surface area contributed by atoms with E-state index >= 15 is 0 Å². The highest BCUT2D eigenvalue weighted by Crippen LogP contribution is 2.20. The van der Waals surface area contributed by atoms with Crippen LogP contribution in [0.4, 0.5) is 0 Å². The van der Waals surface area contributed by atoms with Crippen LogP contribution in [0.2, 0.25) is 10.0 Å². The van der Waals surface area contributed by atoms with Crippen molar-refractivity contribution >= 4 is 29.1 Å². The summed E-state index contributed by atoms with van der Waals surface area (Å²) in [6.45, 7) is 5.31. The lowest BCUT2D eigenvalue weighted by Gasteiger charge is -2.23. The monoisotopic (exact) mass is 398 g/mol. The first-order valence-corrected chi connectivity index (χ1v) is 9.38. The van der Waals surface area contributed by atoms with Gasteiger partial charge in [0, 0.05) is 30.0 Å². The zero-order valence-electron chi connectivity index (χ0n) is 14.8. The van der Waals surface area contributed by atoms with E-state index in [1.165, 1.54) is 0 Å². The number of benzene rings is 2. The Balaban J connectivity index is 1.83. The lowest BCUT2D eigenvalue weighted by Crippen LogP contribution is -2.31. The smallest absolute Gasteiger partial charge is 0.256 e. The van der Waals surface area contributed by atoms with Gasteiger partial charge in [0.25, 0.3) is 5.91 Å². The number of nitrogens with zero attached hydrogens (tertiary/aromatic N) is 2. The number of hydrogen-bond acceptors (Lipinski definition) is 1. The minimum atomic E-state index is -0.119. The molecule has 3 rings (SSSR count). The van der Waals surface area contributed by atoms with Crippen molar-refractivity contribution in [1.82, 2.24) is 9.47 Å². The van der Waals surface area contributed by atoms with Gasteiger partial charge >= 0.3 is 0 Å². The molecule has 1 aromatic heterocycles. The molecule has 27 heavy (non-hydrogen) atoms. The van der Waals surface area contributed by atoms with Gasteiger partial charge in [0.1, 0.15) is 0 Å². The second kappa shape index (κ2) is 8.94. The summed E-state index contributed by atoms with van der Waals surface area (Å²) in [5, 5.41) is 1.18. The Morgan fingerprint density at radius 1 is 1.00 bits per heavy atom. The minimum absolute atomic E-state index is 0.119. The molecule has 0 bridgehead atoms. The fraction of sp³-hybridized carbons (Fsp3) is 0.136. The summed E-state index contributed by atoms with van der Waals surface area (Å²) in [5.41, 5.74) is 2.53. The molecule has 0 aliphatic heterocycles. The van der Waals surface area contributed by atoms with Crippen molar-refractivity contribution in [3.05, 3.63) is 106 Å². The summed E-state index contributed by atoms with van der Waals surface area (Å²) in [4.78, 5) is 14.7. The summed E-state index contributed by atoms with van der Waals surface area (Å²) in [6.07, 6.45) is 3.71. The lowest BCUT2D eigenvalue weighted by atomic mass is 10.2. The highest BCUT2D eigenvalue weighted by Gasteiger charge is 2.19. The highest BCUT2D eigenvalue weighted by atomic mass is 35.5. The Morgan fingerprint density at radius 2 is 1.70 bits per heavy atom. The molecule has 0 saturated carbocycles. The number of aromatic nitrogens is 1. The van der Waals surface area contributed by atoms with Crippen LogP contribution in [0.15, 0.2) is 79.5 Å². The molecular formula is C22H20Cl2N2O. The fourth-order valence-corrected chi connectivity index (χ4v) is 3.35. The van der Waals surface area contributed by atoms with Gasteiger partial charge in [0.05, 0.1) is 17.1 Å². The lowest BCUT2D eigenvalue weighted by molar-refractivity contribution is 0.0759. The minimum Gasteiger partial charge on any atom is -0.345 e. The van der Waals surface area contributed by atoms with Crippen LogP contribution in [0.5, 0.6) is 0 Å². The van der Waals surface area contributed by atoms with Gasteiger partial charge < -0.3 is 9.47 Å². The molecule has 1 heterocycles. The Labute approximate surface area is 169 Å². The van der Waals surface area contributed by atoms with E-state index in [2.05, 4.69) is 11.1 Å². The predicted molar refractivity (Wildman–Crippen MR) is 111 cm³/mol. The fourth-order valence-electron chi connectivity index (χ4n) is 2.93. The maximum absolute atomic E-state index is 13.0. The number of carbonyl (C=O) groups excluding carboxylic acids is 1. The van der Waals surface area contributed by atoms with Gasteiger partial charge in [-0.3, -0.25) is 4.79 Å². The number of carbonyl (C=O) groups is 1. The van der Waals surface area contributed by atoms with E-state index in [1.54, 1.807) is 23.1 Å². The zero-order chi connectivity index (χ0) is 19.2. The molecule has 0 radical (unpaired) electrons. The van der Waals surface area contributed by atoms with E-state index in [0.717, 1.165) is 16.3 Å². The summed E-state index contributed by atoms with van der Waals surface area (Å²) in [7, 11) is 0. The number of hydrogen-bond donors (Lipinski definition) is 0. The van der Waals surface area contributed by atoms with Crippen molar-refractivity contribution in [2.45, 2.75) is 13.1 Å². The molecule has 1 amide bonds. The van der Waals surface area contributed by atoms with Crippen molar-refractivity contribution in [2.75, 3.05) is 6.54 Å². The van der Waals surface area contributed by atoms with Crippen molar-refractivity contribution in [3.8, 4) is 0 Å². The predicted octanol–water partition coefficient (Wildman–Crippen LogP) is 5.67. The maximum Gasteiger partial charge on any atom is 0.256 e. The summed E-state index contributed by atoms with van der Waals surface area (Å²) < 4.78 is 2.09. The van der Waals surface area contributed by atoms with Crippen LogP contribution in [0.25, 0.3) is 0 Å². The number of halogens is 2. The van der Waals surface area contributed by atoms with Crippen LogP contribution < -0.4 is 0 Å². The van der Waals surface area contributed by atoms with Crippen molar-refractivity contribution in [2.24, 2.45) is 0 Å². The van der Waals surface area contributed by atoms with Crippen molar-refractivity contribution < 1.29 is 4.79 Å². The third-order valence-corrected chi connectivity index (χ3v) is 5.01. The Bertz CT molecular complexity index is 949. The first-order valence-electron chi connectivity index (χ1n) is 8.62. The van der Waals surface area contributed by atoms with E-state index in [9.17, 15) is 4.79 Å². The van der Waals surface area contributed by atoms with Gasteiger partial charge in [0.15, 0.2) is 0 Å². The highest BCUT2D eigenvalue weighted by molar-refractivity contribution is 6.33. The molecule has 3 nitrogen and oxygen atoms in total. The quantitative estimate of drug-likeness (QED) is 0.470. The van der Waals surface area contributed by atoms with Crippen LogP contribution in [-0.4, -0.2) is 21.9 Å². The zero-order valence-corrected chi connectivity index (χ0v) is 16.3. The Hall–Kier alpha value is -2.49. The normalized spacial score (nSPS) is 10.6. The second-order valence-electron chi connectivity index (χ2n) is 6.17. The topological polar surface area (TPSA) is 25.2 Å². The summed E-state index contributed by atoms with van der Waals surface area (Å²) in [6, 6.07) is 18.8. The molecule has 5 heteroatoms. The number of amides is 1. The molecule has 0 fully saturated rings. The SMILES string of the molecule is C=CCN(Cc1cccn1Cc1ccccc1Cl)C(=O)c1ccccc1Cl. The standard InChI is InChI=1S/C22H20Cl2N2O/c1-2-13-26(22(27)19-10-4-6-12-21(19)24)16-18-9-7-14-25(18)15-17-8-3-5-11-20(17)23/h2-12,14H,1,13,15-16H2. The van der Waals surface area contributed by atoms with Gasteiger partial charge in [-0.25, -0.2) is 0 Å². The van der Waals surface area contributed by atoms with Gasteiger partial charge in [-0.1, -0.05) is 59.6 Å². The Kier molecular flexibility index (Phi) is 6.38. The molecule has 0 saturated heterocycles. The average Bonchev–Trinajstić information content (AvgIpc) is 3.10. The first-order chi connectivity index (χ1) is 13.1. The number of rotatable bonds is 7. The van der Waals surface area contributed by atoms with Crippen LogP contribution in [-0.2, 0) is 13.1 Å². The van der Waals surface area contributed by atoms with Crippen molar-refractivity contribution in [1.29, 1.82) is 0 Å². The van der Waals surface area contributed by atoms with Gasteiger partial charge in [0.2, 0.25) is 0 Å². The first kappa shape index (κ1) is 19.3.